The molecule has 0 N–H and O–H groups in total. The van der Waals surface area contributed by atoms with E-state index in [1.807, 2.05) is 6.92 Å². The Morgan fingerprint density at radius 1 is 1.00 bits per heavy atom. The van der Waals surface area contributed by atoms with Crippen LogP contribution >= 0.6 is 0 Å². The van der Waals surface area contributed by atoms with Crippen LogP contribution in [0, 0.1) is 6.92 Å². The van der Waals surface area contributed by atoms with Crippen LogP contribution in [0.3, 0.4) is 0 Å². The number of nitrogens with zero attached hydrogens (tertiary/aromatic N) is 2. The monoisotopic (exact) mass is 364 g/mol. The van der Waals surface area contributed by atoms with Gasteiger partial charge in [-0.15, -0.1) is 0 Å². The molecule has 144 valence electrons. The van der Waals surface area contributed by atoms with Crippen molar-refractivity contribution in [3.63, 3.8) is 0 Å². The highest BCUT2D eigenvalue weighted by molar-refractivity contribution is 5.76. The van der Waals surface area contributed by atoms with Gasteiger partial charge in [0.15, 0.2) is 0 Å². The smallest absolute Gasteiger partial charge is 0.222 e. The molecule has 0 spiro atoms. The molecule has 1 amide bonds. The highest BCUT2D eigenvalue weighted by Crippen LogP contribution is 2.21. The SMILES string of the molecule is CCC(=O)N(Cc1ccc(C)cc1)C1CCN(CCc2ccccc2)CC1. The van der Waals surface area contributed by atoms with E-state index in [0.29, 0.717) is 12.5 Å². The van der Waals surface area contributed by atoms with Gasteiger partial charge in [0.05, 0.1) is 0 Å². The van der Waals surface area contributed by atoms with Gasteiger partial charge in [-0.1, -0.05) is 67.1 Å². The number of benzene rings is 2. The number of hydrogen-bond donors (Lipinski definition) is 0. The molecule has 0 aliphatic carbocycles. The Labute approximate surface area is 164 Å². The Hall–Kier alpha value is -2.13. The van der Waals surface area contributed by atoms with Gasteiger partial charge in [-0.3, -0.25) is 4.79 Å². The molecule has 1 aliphatic rings. The molecule has 1 aliphatic heterocycles. The molecule has 0 radical (unpaired) electrons. The molecule has 3 rings (SSSR count). The number of piperidine rings is 1. The second kappa shape index (κ2) is 9.70. The number of amides is 1. The van der Waals surface area contributed by atoms with Crippen molar-refractivity contribution in [3.05, 3.63) is 71.3 Å². The lowest BCUT2D eigenvalue weighted by Gasteiger charge is -2.38. The van der Waals surface area contributed by atoms with Crippen LogP contribution in [0.2, 0.25) is 0 Å². The summed E-state index contributed by atoms with van der Waals surface area (Å²) in [6, 6.07) is 19.6. The summed E-state index contributed by atoms with van der Waals surface area (Å²) in [4.78, 5) is 17.3. The maximum atomic E-state index is 12.6. The third-order valence-electron chi connectivity index (χ3n) is 5.65. The van der Waals surface area contributed by atoms with Crippen LogP contribution in [0.4, 0.5) is 0 Å². The van der Waals surface area contributed by atoms with Crippen molar-refractivity contribution in [3.8, 4) is 0 Å². The van der Waals surface area contributed by atoms with Gasteiger partial charge in [0.2, 0.25) is 5.91 Å². The third-order valence-corrected chi connectivity index (χ3v) is 5.65. The summed E-state index contributed by atoms with van der Waals surface area (Å²) in [5.41, 5.74) is 3.90. The first-order chi connectivity index (χ1) is 13.2. The highest BCUT2D eigenvalue weighted by Gasteiger charge is 2.27. The van der Waals surface area contributed by atoms with Gasteiger partial charge >= 0.3 is 0 Å². The van der Waals surface area contributed by atoms with Gasteiger partial charge in [-0.25, -0.2) is 0 Å². The average Bonchev–Trinajstić information content (AvgIpc) is 2.72. The minimum absolute atomic E-state index is 0.276. The Morgan fingerprint density at radius 3 is 2.30 bits per heavy atom. The molecule has 2 aromatic carbocycles. The largest absolute Gasteiger partial charge is 0.335 e. The molecule has 0 saturated carbocycles. The van der Waals surface area contributed by atoms with Crippen molar-refractivity contribution in [1.82, 2.24) is 9.80 Å². The zero-order valence-corrected chi connectivity index (χ0v) is 16.7. The van der Waals surface area contributed by atoms with E-state index in [9.17, 15) is 4.79 Å². The molecule has 3 nitrogen and oxygen atoms in total. The minimum atomic E-state index is 0.276. The summed E-state index contributed by atoms with van der Waals surface area (Å²) < 4.78 is 0. The second-order valence-corrected chi connectivity index (χ2v) is 7.67. The molecule has 1 heterocycles. The van der Waals surface area contributed by atoms with Crippen LogP contribution in [0.5, 0.6) is 0 Å². The van der Waals surface area contributed by atoms with E-state index in [0.717, 1.165) is 45.4 Å². The summed E-state index contributed by atoms with van der Waals surface area (Å²) in [7, 11) is 0. The molecule has 0 bridgehead atoms. The van der Waals surface area contributed by atoms with Gasteiger partial charge in [0.25, 0.3) is 0 Å². The Balaban J connectivity index is 1.54. The first-order valence-electron chi connectivity index (χ1n) is 10.3. The van der Waals surface area contributed by atoms with E-state index < -0.39 is 0 Å². The van der Waals surface area contributed by atoms with Gasteiger partial charge in [-0.2, -0.15) is 0 Å². The van der Waals surface area contributed by atoms with Crippen molar-refractivity contribution < 1.29 is 4.79 Å². The third kappa shape index (κ3) is 5.67. The molecule has 0 aromatic heterocycles. The topological polar surface area (TPSA) is 23.6 Å². The summed E-state index contributed by atoms with van der Waals surface area (Å²) in [5.74, 6) is 0.276. The quantitative estimate of drug-likeness (QED) is 0.725. The molecular weight excluding hydrogens is 332 g/mol. The van der Waals surface area contributed by atoms with Crippen LogP contribution in [-0.2, 0) is 17.8 Å². The van der Waals surface area contributed by atoms with Crippen molar-refractivity contribution >= 4 is 5.91 Å². The fraction of sp³-hybridized carbons (Fsp3) is 0.458. The second-order valence-electron chi connectivity index (χ2n) is 7.67. The molecule has 3 heteroatoms. The Morgan fingerprint density at radius 2 is 1.67 bits per heavy atom. The first kappa shape index (κ1) is 19.6. The van der Waals surface area contributed by atoms with Crippen LogP contribution in [0.25, 0.3) is 0 Å². The number of likely N-dealkylation sites (tertiary alicyclic amines) is 1. The Kier molecular flexibility index (Phi) is 7.05. The van der Waals surface area contributed by atoms with Crippen LogP contribution in [0.15, 0.2) is 54.6 Å². The van der Waals surface area contributed by atoms with Gasteiger partial charge < -0.3 is 9.80 Å². The van der Waals surface area contributed by atoms with E-state index >= 15 is 0 Å². The summed E-state index contributed by atoms with van der Waals surface area (Å²) in [6.45, 7) is 8.08. The van der Waals surface area contributed by atoms with Crippen molar-refractivity contribution in [2.45, 2.75) is 52.1 Å². The molecule has 27 heavy (non-hydrogen) atoms. The van der Waals surface area contributed by atoms with E-state index in [1.165, 1.54) is 16.7 Å². The van der Waals surface area contributed by atoms with Crippen molar-refractivity contribution in [2.75, 3.05) is 19.6 Å². The summed E-state index contributed by atoms with van der Waals surface area (Å²) >= 11 is 0. The number of hydrogen-bond acceptors (Lipinski definition) is 2. The van der Waals surface area contributed by atoms with Gasteiger partial charge in [0, 0.05) is 38.6 Å². The highest BCUT2D eigenvalue weighted by atomic mass is 16.2. The van der Waals surface area contributed by atoms with Crippen LogP contribution in [-0.4, -0.2) is 41.4 Å². The fourth-order valence-corrected chi connectivity index (χ4v) is 3.90. The average molecular weight is 365 g/mol. The molecule has 1 saturated heterocycles. The molecule has 1 fully saturated rings. The first-order valence-corrected chi connectivity index (χ1v) is 10.3. The number of rotatable bonds is 7. The molecule has 2 aromatic rings. The van der Waals surface area contributed by atoms with Crippen LogP contribution in [0.1, 0.15) is 42.9 Å². The lowest BCUT2D eigenvalue weighted by molar-refractivity contribution is -0.135. The normalized spacial score (nSPS) is 15.6. The van der Waals surface area contributed by atoms with Gasteiger partial charge in [-0.05, 0) is 37.3 Å². The number of aryl methyl sites for hydroxylation is 1. The minimum Gasteiger partial charge on any atom is -0.335 e. The predicted octanol–water partition coefficient (Wildman–Crippen LogP) is 4.44. The molecular formula is C24H32N2O. The number of carbonyl (C=O) groups is 1. The zero-order chi connectivity index (χ0) is 19.1. The zero-order valence-electron chi connectivity index (χ0n) is 16.7. The Bertz CT molecular complexity index is 703. The van der Waals surface area contributed by atoms with E-state index in [2.05, 4.69) is 71.3 Å². The lowest BCUT2D eigenvalue weighted by Crippen LogP contribution is -2.47. The molecule has 0 unspecified atom stereocenters. The summed E-state index contributed by atoms with van der Waals surface area (Å²) in [5, 5.41) is 0. The predicted molar refractivity (Wildman–Crippen MR) is 112 cm³/mol. The maximum absolute atomic E-state index is 12.6. The number of carbonyl (C=O) groups excluding carboxylic acids is 1. The van der Waals surface area contributed by atoms with Crippen molar-refractivity contribution in [2.24, 2.45) is 0 Å². The van der Waals surface area contributed by atoms with E-state index in [4.69, 9.17) is 0 Å². The van der Waals surface area contributed by atoms with Crippen molar-refractivity contribution in [1.29, 1.82) is 0 Å². The standard InChI is InChI=1S/C24H32N2O/c1-3-24(27)26(19-22-11-9-20(2)10-12-22)23-14-17-25(18-15-23)16-13-21-7-5-4-6-8-21/h4-12,23H,3,13-19H2,1-2H3. The van der Waals surface area contributed by atoms with E-state index in [1.54, 1.807) is 0 Å². The summed E-state index contributed by atoms with van der Waals surface area (Å²) in [6.07, 6.45) is 3.84. The molecule has 0 atom stereocenters. The van der Waals surface area contributed by atoms with Crippen LogP contribution < -0.4 is 0 Å². The fourth-order valence-electron chi connectivity index (χ4n) is 3.90. The lowest BCUT2D eigenvalue weighted by atomic mass is 10.0. The van der Waals surface area contributed by atoms with E-state index in [-0.39, 0.29) is 5.91 Å². The van der Waals surface area contributed by atoms with Gasteiger partial charge in [0.1, 0.15) is 0 Å². The maximum Gasteiger partial charge on any atom is 0.222 e.